The molecule has 1 nitrogen and oxygen atoms in total. The lowest BCUT2D eigenvalue weighted by molar-refractivity contribution is 0.316. The Morgan fingerprint density at radius 1 is 1.47 bits per heavy atom. The maximum atomic E-state index is 6.07. The van der Waals surface area contributed by atoms with Gasteiger partial charge in [0.1, 0.15) is 5.75 Å². The summed E-state index contributed by atoms with van der Waals surface area (Å²) in [6.45, 7) is 0.727. The van der Waals surface area contributed by atoms with Gasteiger partial charge in [0.05, 0.1) is 11.6 Å². The summed E-state index contributed by atoms with van der Waals surface area (Å²) < 4.78 is 5.69. The van der Waals surface area contributed by atoms with Gasteiger partial charge >= 0.3 is 0 Å². The van der Waals surface area contributed by atoms with Gasteiger partial charge < -0.3 is 4.74 Å². The molecule has 0 bridgehead atoms. The minimum absolute atomic E-state index is 0.691. The molecule has 1 aromatic carbocycles. The quantitative estimate of drug-likeness (QED) is 0.570. The van der Waals surface area contributed by atoms with Crippen LogP contribution in [0.25, 0.3) is 0 Å². The van der Waals surface area contributed by atoms with E-state index in [-0.39, 0.29) is 0 Å². The maximum absolute atomic E-state index is 6.07. The van der Waals surface area contributed by atoms with Gasteiger partial charge in [-0.05, 0) is 24.5 Å². The van der Waals surface area contributed by atoms with E-state index in [9.17, 15) is 0 Å². The summed E-state index contributed by atoms with van der Waals surface area (Å²) in [7, 11) is 0. The number of halogens is 2. The van der Waals surface area contributed by atoms with Crippen LogP contribution in [0.15, 0.2) is 18.2 Å². The zero-order valence-corrected chi connectivity index (χ0v) is 11.8. The van der Waals surface area contributed by atoms with Crippen molar-refractivity contribution >= 4 is 39.3 Å². The first kappa shape index (κ1) is 13.2. The van der Waals surface area contributed by atoms with Gasteiger partial charge in [-0.25, -0.2) is 0 Å². The number of thioether (sulfide) groups is 1. The molecule has 0 radical (unpaired) electrons. The minimum Gasteiger partial charge on any atom is -0.492 e. The first-order valence-electron chi connectivity index (χ1n) is 4.74. The standard InChI is InChI=1S/C11H14BrClOS/c1-15-7-3-6-14-11-9(8-12)4-2-5-10(11)13/h2,4-5H,3,6-8H2,1H3. The van der Waals surface area contributed by atoms with Crippen molar-refractivity contribution in [2.24, 2.45) is 0 Å². The number of para-hydroxylation sites is 1. The van der Waals surface area contributed by atoms with Gasteiger partial charge in [-0.2, -0.15) is 11.8 Å². The lowest BCUT2D eigenvalue weighted by atomic mass is 10.2. The Hall–Kier alpha value is 0.140. The molecular weight excluding hydrogens is 296 g/mol. The molecule has 0 aliphatic rings. The molecule has 0 spiro atoms. The van der Waals surface area contributed by atoms with Crippen LogP contribution in [-0.4, -0.2) is 18.6 Å². The second-order valence-electron chi connectivity index (χ2n) is 3.06. The average Bonchev–Trinajstić information content (AvgIpc) is 2.26. The van der Waals surface area contributed by atoms with Crippen molar-refractivity contribution in [2.75, 3.05) is 18.6 Å². The van der Waals surface area contributed by atoms with E-state index in [4.69, 9.17) is 16.3 Å². The molecule has 0 fully saturated rings. The third kappa shape index (κ3) is 4.25. The van der Waals surface area contributed by atoms with Crippen molar-refractivity contribution in [3.8, 4) is 5.75 Å². The molecule has 0 amide bonds. The highest BCUT2D eigenvalue weighted by molar-refractivity contribution is 9.08. The SMILES string of the molecule is CSCCCOc1c(Cl)cccc1CBr. The molecule has 0 aliphatic carbocycles. The highest BCUT2D eigenvalue weighted by atomic mass is 79.9. The molecule has 0 aromatic heterocycles. The van der Waals surface area contributed by atoms with E-state index >= 15 is 0 Å². The number of ether oxygens (including phenoxy) is 1. The minimum atomic E-state index is 0.691. The lowest BCUT2D eigenvalue weighted by Crippen LogP contribution is -2.01. The average molecular weight is 310 g/mol. The molecule has 0 N–H and O–H groups in total. The van der Waals surface area contributed by atoms with E-state index in [1.165, 1.54) is 0 Å². The molecule has 0 aliphatic heterocycles. The monoisotopic (exact) mass is 308 g/mol. The summed E-state index contributed by atoms with van der Waals surface area (Å²) >= 11 is 11.3. The zero-order chi connectivity index (χ0) is 11.1. The van der Waals surface area contributed by atoms with Gasteiger partial charge in [0, 0.05) is 10.9 Å². The van der Waals surface area contributed by atoms with E-state index in [2.05, 4.69) is 22.2 Å². The van der Waals surface area contributed by atoms with E-state index in [1.54, 1.807) is 0 Å². The van der Waals surface area contributed by atoms with Crippen molar-refractivity contribution in [1.82, 2.24) is 0 Å². The predicted octanol–water partition coefficient (Wildman–Crippen LogP) is 4.37. The van der Waals surface area contributed by atoms with Crippen molar-refractivity contribution in [3.05, 3.63) is 28.8 Å². The van der Waals surface area contributed by atoms with Gasteiger partial charge in [-0.1, -0.05) is 39.7 Å². The molecule has 0 atom stereocenters. The Labute approximate surface area is 109 Å². The normalized spacial score (nSPS) is 10.3. The van der Waals surface area contributed by atoms with Gasteiger partial charge in [-0.15, -0.1) is 0 Å². The van der Waals surface area contributed by atoms with Crippen LogP contribution in [0.2, 0.25) is 5.02 Å². The van der Waals surface area contributed by atoms with Crippen LogP contribution in [-0.2, 0) is 5.33 Å². The molecule has 84 valence electrons. The van der Waals surface area contributed by atoms with Crippen molar-refractivity contribution in [3.63, 3.8) is 0 Å². The fourth-order valence-electron chi connectivity index (χ4n) is 1.20. The third-order valence-electron chi connectivity index (χ3n) is 1.93. The summed E-state index contributed by atoms with van der Waals surface area (Å²) in [5, 5.41) is 1.46. The van der Waals surface area contributed by atoms with Crippen LogP contribution in [0.1, 0.15) is 12.0 Å². The summed E-state index contributed by atoms with van der Waals surface area (Å²) in [4.78, 5) is 0. The second kappa shape index (κ2) is 7.42. The van der Waals surface area contributed by atoms with Crippen LogP contribution in [0.4, 0.5) is 0 Å². The Bertz CT molecular complexity index is 307. The largest absolute Gasteiger partial charge is 0.492 e. The van der Waals surface area contributed by atoms with Gasteiger partial charge in [0.2, 0.25) is 0 Å². The highest BCUT2D eigenvalue weighted by Crippen LogP contribution is 2.30. The maximum Gasteiger partial charge on any atom is 0.141 e. The van der Waals surface area contributed by atoms with Crippen LogP contribution >= 0.6 is 39.3 Å². The topological polar surface area (TPSA) is 9.23 Å². The summed E-state index contributed by atoms with van der Waals surface area (Å²) in [5.41, 5.74) is 1.10. The lowest BCUT2D eigenvalue weighted by Gasteiger charge is -2.11. The summed E-state index contributed by atoms with van der Waals surface area (Å²) in [5.74, 6) is 1.94. The molecule has 0 unspecified atom stereocenters. The Morgan fingerprint density at radius 2 is 2.27 bits per heavy atom. The molecule has 0 saturated carbocycles. The van der Waals surface area contributed by atoms with E-state index in [0.29, 0.717) is 5.02 Å². The van der Waals surface area contributed by atoms with Gasteiger partial charge in [0.15, 0.2) is 0 Å². The first-order chi connectivity index (χ1) is 7.29. The van der Waals surface area contributed by atoms with Crippen LogP contribution < -0.4 is 4.74 Å². The van der Waals surface area contributed by atoms with Crippen molar-refractivity contribution in [1.29, 1.82) is 0 Å². The number of rotatable bonds is 6. The Balaban J connectivity index is 2.58. The van der Waals surface area contributed by atoms with Crippen molar-refractivity contribution < 1.29 is 4.74 Å². The fourth-order valence-corrected chi connectivity index (χ4v) is 2.29. The number of alkyl halides is 1. The van der Waals surface area contributed by atoms with Gasteiger partial charge in [-0.3, -0.25) is 0 Å². The summed E-state index contributed by atoms with van der Waals surface area (Å²) in [6.07, 6.45) is 3.15. The van der Waals surface area contributed by atoms with E-state index in [1.807, 2.05) is 30.0 Å². The second-order valence-corrected chi connectivity index (χ2v) is 5.01. The van der Waals surface area contributed by atoms with Crippen molar-refractivity contribution in [2.45, 2.75) is 11.8 Å². The number of benzene rings is 1. The third-order valence-corrected chi connectivity index (χ3v) is 3.53. The molecular formula is C11H14BrClOS. The van der Waals surface area contributed by atoms with E-state index < -0.39 is 0 Å². The summed E-state index contributed by atoms with van der Waals surface area (Å²) in [6, 6.07) is 5.82. The van der Waals surface area contributed by atoms with E-state index in [0.717, 1.165) is 35.4 Å². The molecule has 4 heteroatoms. The number of hydrogen-bond donors (Lipinski definition) is 0. The fraction of sp³-hybridized carbons (Fsp3) is 0.455. The molecule has 1 rings (SSSR count). The Morgan fingerprint density at radius 3 is 2.93 bits per heavy atom. The number of hydrogen-bond acceptors (Lipinski definition) is 2. The van der Waals surface area contributed by atoms with Crippen LogP contribution in [0.5, 0.6) is 5.75 Å². The molecule has 0 saturated heterocycles. The predicted molar refractivity (Wildman–Crippen MR) is 72.6 cm³/mol. The first-order valence-corrected chi connectivity index (χ1v) is 7.64. The van der Waals surface area contributed by atoms with Crippen LogP contribution in [0.3, 0.4) is 0 Å². The zero-order valence-electron chi connectivity index (χ0n) is 8.63. The van der Waals surface area contributed by atoms with Crippen LogP contribution in [0, 0.1) is 0 Å². The highest BCUT2D eigenvalue weighted by Gasteiger charge is 2.06. The Kier molecular flexibility index (Phi) is 6.53. The smallest absolute Gasteiger partial charge is 0.141 e. The van der Waals surface area contributed by atoms with Gasteiger partial charge in [0.25, 0.3) is 0 Å². The molecule has 0 heterocycles. The molecule has 1 aromatic rings. The molecule has 15 heavy (non-hydrogen) atoms.